The van der Waals surface area contributed by atoms with Crippen LogP contribution in [0.15, 0.2) is 11.6 Å². The average Bonchev–Trinajstić information content (AvgIpc) is 3.44. The topological polar surface area (TPSA) is 91.2 Å². The molecule has 0 bridgehead atoms. The van der Waals surface area contributed by atoms with Crippen LogP contribution in [0.3, 0.4) is 0 Å². The molecule has 2 amide bonds. The zero-order valence-electron chi connectivity index (χ0n) is 25.4. The summed E-state index contributed by atoms with van der Waals surface area (Å²) in [4.78, 5) is 28.4. The molecule has 1 unspecified atom stereocenters. The van der Waals surface area contributed by atoms with Gasteiger partial charge in [0.15, 0.2) is 12.3 Å². The van der Waals surface area contributed by atoms with Crippen molar-refractivity contribution in [3.05, 3.63) is 16.6 Å². The molecular weight excluding hydrogens is 594 g/mol. The van der Waals surface area contributed by atoms with Crippen LogP contribution in [0.1, 0.15) is 115 Å². The number of alkyl carbamates (subject to hydrolysis) is 1. The van der Waals surface area contributed by atoms with E-state index in [0.717, 1.165) is 17.8 Å². The molecule has 1 aromatic heterocycles. The van der Waals surface area contributed by atoms with Gasteiger partial charge in [0.05, 0.1) is 18.4 Å². The minimum Gasteiger partial charge on any atom is -1.00 e. The average molecular weight is 651 g/mol. The van der Waals surface area contributed by atoms with Crippen LogP contribution in [0.4, 0.5) is 9.59 Å². The summed E-state index contributed by atoms with van der Waals surface area (Å²) in [5.74, 6) is 0. The Morgan fingerprint density at radius 3 is 1.93 bits per heavy atom. The number of aromatic amines is 1. The molecule has 0 aliphatic carbocycles. The Hall–Kier alpha value is -1.39. The number of H-pyrrole nitrogens is 1. The fourth-order valence-corrected chi connectivity index (χ4v) is 4.89. The number of nitrogens with zero attached hydrogens (tertiary/aromatic N) is 1. The van der Waals surface area contributed by atoms with Gasteiger partial charge >= 0.3 is 12.2 Å². The van der Waals surface area contributed by atoms with Crippen molar-refractivity contribution in [3.63, 3.8) is 0 Å². The van der Waals surface area contributed by atoms with E-state index in [1.165, 1.54) is 94.8 Å². The second-order valence-electron chi connectivity index (χ2n) is 10.5. The molecular formula is C30H56BrN3O5S. The fourth-order valence-electron chi connectivity index (χ4n) is 4.24. The number of unbranched alkanes of at least 4 members (excludes halogenated alkanes) is 15. The van der Waals surface area contributed by atoms with E-state index in [-0.39, 0.29) is 30.2 Å². The summed E-state index contributed by atoms with van der Waals surface area (Å²) in [5.41, 5.74) is 0. The van der Waals surface area contributed by atoms with Crippen LogP contribution in [0.25, 0.3) is 0 Å². The van der Waals surface area contributed by atoms with Crippen LogP contribution in [0.2, 0.25) is 0 Å². The van der Waals surface area contributed by atoms with Gasteiger partial charge in [-0.1, -0.05) is 115 Å². The van der Waals surface area contributed by atoms with Gasteiger partial charge in [-0.2, -0.15) is 0 Å². The Morgan fingerprint density at radius 2 is 1.43 bits per heavy atom. The van der Waals surface area contributed by atoms with Crippen LogP contribution in [-0.4, -0.2) is 63.7 Å². The van der Waals surface area contributed by atoms with E-state index in [1.54, 1.807) is 25.4 Å². The number of ether oxygens (including phenoxy) is 3. The second kappa shape index (κ2) is 27.8. The molecule has 234 valence electrons. The van der Waals surface area contributed by atoms with Gasteiger partial charge in [0.2, 0.25) is 5.01 Å². The summed E-state index contributed by atoms with van der Waals surface area (Å²) >= 11 is 1.60. The smallest absolute Gasteiger partial charge is 0.409 e. The molecule has 0 fully saturated rings. The summed E-state index contributed by atoms with van der Waals surface area (Å²) < 4.78 is 16.4. The van der Waals surface area contributed by atoms with Gasteiger partial charge in [-0.3, -0.25) is 0 Å². The predicted octanol–water partition coefficient (Wildman–Crippen LogP) is 4.18. The summed E-state index contributed by atoms with van der Waals surface area (Å²) in [6, 6.07) is 0. The first kappa shape index (κ1) is 38.6. The lowest BCUT2D eigenvalue weighted by molar-refractivity contribution is -0.382. The van der Waals surface area contributed by atoms with E-state index in [2.05, 4.69) is 17.2 Å². The highest BCUT2D eigenvalue weighted by Gasteiger charge is 2.18. The minimum atomic E-state index is -0.641. The molecule has 1 rings (SSSR count). The molecule has 40 heavy (non-hydrogen) atoms. The normalized spacial score (nSPS) is 11.5. The summed E-state index contributed by atoms with van der Waals surface area (Å²) in [7, 11) is 3.23. The molecule has 1 heterocycles. The van der Waals surface area contributed by atoms with Crippen LogP contribution < -0.4 is 27.3 Å². The number of carbonyl (C=O) groups is 2. The van der Waals surface area contributed by atoms with E-state index < -0.39 is 18.3 Å². The first-order chi connectivity index (χ1) is 19.0. The third-order valence-corrected chi connectivity index (χ3v) is 7.50. The van der Waals surface area contributed by atoms with Crippen LogP contribution in [-0.2, 0) is 20.6 Å². The van der Waals surface area contributed by atoms with Crippen molar-refractivity contribution >= 4 is 23.5 Å². The van der Waals surface area contributed by atoms with E-state index in [9.17, 15) is 9.59 Å². The minimum absolute atomic E-state index is 0. The SMILES string of the molecule is CCCCCCCCCCCCCCCCCCOCC(COC(=O)NCCc1[nH+]ccs1)OC(=O)N(C)C.[Br-]. The van der Waals surface area contributed by atoms with Gasteiger partial charge in [-0.05, 0) is 6.42 Å². The number of hydrogen-bond donors (Lipinski definition) is 1. The molecule has 1 aromatic rings. The first-order valence-corrected chi connectivity index (χ1v) is 16.2. The molecule has 1 atom stereocenters. The van der Waals surface area contributed by atoms with Crippen LogP contribution in [0.5, 0.6) is 0 Å². The summed E-state index contributed by atoms with van der Waals surface area (Å²) in [5, 5.41) is 5.75. The summed E-state index contributed by atoms with van der Waals surface area (Å²) in [6.07, 6.45) is 22.2. The zero-order chi connectivity index (χ0) is 28.4. The molecule has 0 saturated carbocycles. The predicted molar refractivity (Wildman–Crippen MR) is 158 cm³/mol. The van der Waals surface area contributed by atoms with Gasteiger partial charge in [0.25, 0.3) is 0 Å². The molecule has 10 heteroatoms. The standard InChI is InChI=1S/C30H55N3O5S.BrH/c1-4-5-6-7-8-9-10-11-12-13-14-15-16-17-18-19-23-36-25-27(38-30(35)33(2)3)26-37-29(34)32-21-20-28-31-22-24-39-28;/h22,24,27H,4-21,23,25-26H2,1-3H3,(H,32,34);1H. The molecule has 2 N–H and O–H groups in total. The molecule has 0 radical (unpaired) electrons. The Labute approximate surface area is 258 Å². The highest BCUT2D eigenvalue weighted by Crippen LogP contribution is 2.14. The highest BCUT2D eigenvalue weighted by molar-refractivity contribution is 7.09. The number of amides is 2. The Bertz CT molecular complexity index is 710. The van der Waals surface area contributed by atoms with Crippen LogP contribution in [0, 0.1) is 0 Å². The quantitative estimate of drug-likeness (QED) is 0.161. The van der Waals surface area contributed by atoms with Gasteiger partial charge in [-0.25, -0.2) is 14.6 Å². The maximum absolute atomic E-state index is 12.0. The number of thiazole rings is 1. The second-order valence-corrected chi connectivity index (χ2v) is 11.5. The first-order valence-electron chi connectivity index (χ1n) is 15.3. The highest BCUT2D eigenvalue weighted by atomic mass is 79.9. The molecule has 0 aliphatic heterocycles. The maximum Gasteiger partial charge on any atom is 0.409 e. The van der Waals surface area contributed by atoms with Gasteiger partial charge in [-0.15, -0.1) is 0 Å². The van der Waals surface area contributed by atoms with E-state index in [4.69, 9.17) is 14.2 Å². The number of carbonyl (C=O) groups excluding carboxylic acids is 2. The fraction of sp³-hybridized carbons (Fsp3) is 0.833. The number of hydrogen-bond acceptors (Lipinski definition) is 6. The molecule has 0 spiro atoms. The van der Waals surface area contributed by atoms with Crippen molar-refractivity contribution in [2.45, 2.75) is 122 Å². The Morgan fingerprint density at radius 1 is 0.875 bits per heavy atom. The molecule has 0 aromatic carbocycles. The third-order valence-electron chi connectivity index (χ3n) is 6.62. The molecule has 8 nitrogen and oxygen atoms in total. The van der Waals surface area contributed by atoms with Gasteiger partial charge < -0.3 is 41.4 Å². The molecule has 0 saturated heterocycles. The van der Waals surface area contributed by atoms with Crippen LogP contribution >= 0.6 is 11.3 Å². The van der Waals surface area contributed by atoms with Crippen molar-refractivity contribution in [3.8, 4) is 0 Å². The number of rotatable bonds is 25. The van der Waals surface area contributed by atoms with Crippen molar-refractivity contribution in [1.82, 2.24) is 10.2 Å². The lowest BCUT2D eigenvalue weighted by atomic mass is 10.0. The lowest BCUT2D eigenvalue weighted by Crippen LogP contribution is -3.00. The van der Waals surface area contributed by atoms with Crippen molar-refractivity contribution in [2.75, 3.05) is 40.5 Å². The number of aromatic nitrogens is 1. The van der Waals surface area contributed by atoms with E-state index >= 15 is 0 Å². The largest absolute Gasteiger partial charge is 1.00 e. The van der Waals surface area contributed by atoms with Crippen molar-refractivity contribution in [2.24, 2.45) is 0 Å². The van der Waals surface area contributed by atoms with E-state index in [0.29, 0.717) is 19.6 Å². The monoisotopic (exact) mass is 649 g/mol. The summed E-state index contributed by atoms with van der Waals surface area (Å²) in [6.45, 7) is 3.51. The zero-order valence-corrected chi connectivity index (χ0v) is 27.8. The van der Waals surface area contributed by atoms with Gasteiger partial charge in [0.1, 0.15) is 6.61 Å². The Balaban J connectivity index is 0.0000152. The van der Waals surface area contributed by atoms with E-state index in [1.807, 2.05) is 11.6 Å². The lowest BCUT2D eigenvalue weighted by Gasteiger charge is -2.20. The Kier molecular flexibility index (Phi) is 26.8. The van der Waals surface area contributed by atoms with Crippen molar-refractivity contribution in [1.29, 1.82) is 0 Å². The number of halogens is 1. The third kappa shape index (κ3) is 23.3. The van der Waals surface area contributed by atoms with Gasteiger partial charge in [0, 0.05) is 27.2 Å². The molecule has 0 aliphatic rings. The maximum atomic E-state index is 12.0. The number of nitrogens with one attached hydrogen (secondary N) is 2. The van der Waals surface area contributed by atoms with Crippen molar-refractivity contribution < 1.29 is 45.8 Å².